The highest BCUT2D eigenvalue weighted by molar-refractivity contribution is 5.94. The molecule has 0 bridgehead atoms. The summed E-state index contributed by atoms with van der Waals surface area (Å²) in [5.41, 5.74) is 3.25. The van der Waals surface area contributed by atoms with Crippen molar-refractivity contribution in [2.45, 2.75) is 26.3 Å². The molecule has 1 saturated heterocycles. The minimum Gasteiger partial charge on any atom is -0.619 e. The summed E-state index contributed by atoms with van der Waals surface area (Å²) in [5.74, 6) is 0.555. The van der Waals surface area contributed by atoms with Crippen LogP contribution in [0.3, 0.4) is 0 Å². The van der Waals surface area contributed by atoms with E-state index in [1.54, 1.807) is 12.1 Å². The average Bonchev–Trinajstić information content (AvgIpc) is 2.63. The van der Waals surface area contributed by atoms with Crippen molar-refractivity contribution in [1.82, 2.24) is 9.80 Å². The largest absolute Gasteiger partial charge is 0.619 e. The number of aromatic nitrogens is 1. The Labute approximate surface area is 149 Å². The van der Waals surface area contributed by atoms with Gasteiger partial charge in [0, 0.05) is 44.9 Å². The zero-order chi connectivity index (χ0) is 17.8. The van der Waals surface area contributed by atoms with Crippen LogP contribution in [0.15, 0.2) is 48.8 Å². The number of rotatable bonds is 4. The molecule has 2 heterocycles. The summed E-state index contributed by atoms with van der Waals surface area (Å²) in [6.45, 7) is 8.49. The molecule has 1 aromatic carbocycles. The van der Waals surface area contributed by atoms with E-state index in [4.69, 9.17) is 0 Å². The molecule has 1 fully saturated rings. The normalized spacial score (nSPS) is 15.6. The predicted octanol–water partition coefficient (Wildman–Crippen LogP) is 2.40. The smallest absolute Gasteiger partial charge is 0.254 e. The van der Waals surface area contributed by atoms with Crippen molar-refractivity contribution in [3.63, 3.8) is 0 Å². The molecule has 25 heavy (non-hydrogen) atoms. The van der Waals surface area contributed by atoms with E-state index >= 15 is 0 Å². The molecule has 3 rings (SSSR count). The van der Waals surface area contributed by atoms with Crippen molar-refractivity contribution < 1.29 is 9.52 Å². The molecule has 0 aliphatic carbocycles. The van der Waals surface area contributed by atoms with Crippen LogP contribution in [0.25, 0.3) is 0 Å². The molecule has 132 valence electrons. The maximum atomic E-state index is 12.5. The monoisotopic (exact) mass is 339 g/mol. The molecule has 0 saturated carbocycles. The molecule has 0 N–H and O–H groups in total. The number of nitrogens with zero attached hydrogens (tertiary/aromatic N) is 3. The van der Waals surface area contributed by atoms with Gasteiger partial charge in [-0.15, -0.1) is 0 Å². The van der Waals surface area contributed by atoms with Gasteiger partial charge in [0.25, 0.3) is 5.91 Å². The molecule has 1 aliphatic heterocycles. The minimum atomic E-state index is 0.00142. The summed E-state index contributed by atoms with van der Waals surface area (Å²) in [7, 11) is 0. The third kappa shape index (κ3) is 4.37. The Morgan fingerprint density at radius 1 is 1.04 bits per heavy atom. The summed E-state index contributed by atoms with van der Waals surface area (Å²) >= 11 is 0. The van der Waals surface area contributed by atoms with Crippen LogP contribution in [0.2, 0.25) is 0 Å². The standard InChI is InChI=1S/C20H25N3O2/c1-16(2)18-5-3-17(4-6-18)15-21-11-13-22(14-12-21)20(24)19-7-9-23(25)10-8-19/h3-10,16H,11-15H2,1-2H3. The molecule has 5 nitrogen and oxygen atoms in total. The third-order valence-corrected chi connectivity index (χ3v) is 4.76. The number of carbonyl (C=O) groups excluding carboxylic acids is 1. The van der Waals surface area contributed by atoms with Gasteiger partial charge in [-0.05, 0) is 17.0 Å². The molecule has 2 aromatic rings. The Morgan fingerprint density at radius 3 is 2.20 bits per heavy atom. The van der Waals surface area contributed by atoms with Crippen molar-refractivity contribution in [3.05, 3.63) is 70.7 Å². The fourth-order valence-electron chi connectivity index (χ4n) is 3.11. The molecule has 1 amide bonds. The Bertz CT molecular complexity index is 703. The highest BCUT2D eigenvalue weighted by Crippen LogP contribution is 2.16. The number of benzene rings is 1. The Balaban J connectivity index is 1.53. The predicted molar refractivity (Wildman–Crippen MR) is 97.1 cm³/mol. The van der Waals surface area contributed by atoms with Crippen molar-refractivity contribution in [2.24, 2.45) is 0 Å². The molecule has 0 spiro atoms. The molecule has 0 unspecified atom stereocenters. The summed E-state index contributed by atoms with van der Waals surface area (Å²) in [4.78, 5) is 16.7. The van der Waals surface area contributed by atoms with Crippen LogP contribution in [-0.4, -0.2) is 41.9 Å². The minimum absolute atomic E-state index is 0.00142. The van der Waals surface area contributed by atoms with Crippen LogP contribution in [-0.2, 0) is 6.54 Å². The van der Waals surface area contributed by atoms with E-state index < -0.39 is 0 Å². The first kappa shape index (κ1) is 17.4. The highest BCUT2D eigenvalue weighted by atomic mass is 16.5. The Kier molecular flexibility index (Phi) is 5.34. The van der Waals surface area contributed by atoms with Gasteiger partial charge in [-0.25, -0.2) is 0 Å². The third-order valence-electron chi connectivity index (χ3n) is 4.76. The Hall–Kier alpha value is -2.40. The lowest BCUT2D eigenvalue weighted by molar-refractivity contribution is -0.605. The maximum Gasteiger partial charge on any atom is 0.254 e. The first-order valence-electron chi connectivity index (χ1n) is 8.82. The van der Waals surface area contributed by atoms with Crippen LogP contribution < -0.4 is 4.73 Å². The molecular weight excluding hydrogens is 314 g/mol. The fourth-order valence-corrected chi connectivity index (χ4v) is 3.11. The van der Waals surface area contributed by atoms with Gasteiger partial charge in [0.05, 0.1) is 5.56 Å². The van der Waals surface area contributed by atoms with Gasteiger partial charge in [0.1, 0.15) is 0 Å². The van der Waals surface area contributed by atoms with E-state index in [0.29, 0.717) is 16.2 Å². The number of amides is 1. The van der Waals surface area contributed by atoms with Gasteiger partial charge < -0.3 is 10.1 Å². The molecular formula is C20H25N3O2. The van der Waals surface area contributed by atoms with Crippen molar-refractivity contribution in [3.8, 4) is 0 Å². The Morgan fingerprint density at radius 2 is 1.64 bits per heavy atom. The SMILES string of the molecule is CC(C)c1ccc(CN2CCN(C(=O)c3cc[n+]([O-])cc3)CC2)cc1. The van der Waals surface area contributed by atoms with E-state index in [0.717, 1.165) is 32.7 Å². The van der Waals surface area contributed by atoms with Gasteiger partial charge in [-0.2, -0.15) is 4.73 Å². The number of hydrogen-bond acceptors (Lipinski definition) is 3. The van der Waals surface area contributed by atoms with Crippen molar-refractivity contribution >= 4 is 5.91 Å². The van der Waals surface area contributed by atoms with Gasteiger partial charge in [0.2, 0.25) is 0 Å². The summed E-state index contributed by atoms with van der Waals surface area (Å²) < 4.78 is 0.694. The summed E-state index contributed by atoms with van der Waals surface area (Å²) in [6, 6.07) is 12.0. The first-order valence-corrected chi connectivity index (χ1v) is 8.82. The van der Waals surface area contributed by atoms with Gasteiger partial charge in [-0.3, -0.25) is 9.69 Å². The van der Waals surface area contributed by atoms with E-state index in [-0.39, 0.29) is 5.91 Å². The topological polar surface area (TPSA) is 50.5 Å². The fraction of sp³-hybridized carbons (Fsp3) is 0.400. The van der Waals surface area contributed by atoms with Crippen LogP contribution in [0.1, 0.15) is 41.3 Å². The van der Waals surface area contributed by atoms with E-state index in [2.05, 4.69) is 43.0 Å². The highest BCUT2D eigenvalue weighted by Gasteiger charge is 2.22. The van der Waals surface area contributed by atoms with Crippen LogP contribution >= 0.6 is 0 Å². The summed E-state index contributed by atoms with van der Waals surface area (Å²) in [6.07, 6.45) is 2.73. The van der Waals surface area contributed by atoms with E-state index in [1.807, 2.05) is 4.90 Å². The molecule has 1 aromatic heterocycles. The van der Waals surface area contributed by atoms with Gasteiger partial charge in [0.15, 0.2) is 12.4 Å². The quantitative estimate of drug-likeness (QED) is 0.635. The summed E-state index contributed by atoms with van der Waals surface area (Å²) in [5, 5.41) is 11.1. The molecule has 0 radical (unpaired) electrons. The zero-order valence-corrected chi connectivity index (χ0v) is 14.9. The van der Waals surface area contributed by atoms with Crippen LogP contribution in [0, 0.1) is 5.21 Å². The van der Waals surface area contributed by atoms with Gasteiger partial charge in [-0.1, -0.05) is 38.1 Å². The lowest BCUT2D eigenvalue weighted by atomic mass is 10.0. The number of pyridine rings is 1. The van der Waals surface area contributed by atoms with Gasteiger partial charge >= 0.3 is 0 Å². The molecule has 5 heteroatoms. The molecule has 1 aliphatic rings. The maximum absolute atomic E-state index is 12.5. The number of piperazine rings is 1. The number of carbonyl (C=O) groups is 1. The lowest BCUT2D eigenvalue weighted by Gasteiger charge is -2.34. The molecule has 0 atom stereocenters. The second kappa shape index (κ2) is 7.66. The zero-order valence-electron chi connectivity index (χ0n) is 14.9. The number of hydrogen-bond donors (Lipinski definition) is 0. The lowest BCUT2D eigenvalue weighted by Crippen LogP contribution is -2.48. The van der Waals surface area contributed by atoms with Crippen LogP contribution in [0.4, 0.5) is 0 Å². The van der Waals surface area contributed by atoms with E-state index in [9.17, 15) is 10.0 Å². The van der Waals surface area contributed by atoms with E-state index in [1.165, 1.54) is 23.5 Å². The second-order valence-electron chi connectivity index (χ2n) is 6.91. The van der Waals surface area contributed by atoms with Crippen molar-refractivity contribution in [2.75, 3.05) is 26.2 Å². The first-order chi connectivity index (χ1) is 12.0. The second-order valence-corrected chi connectivity index (χ2v) is 6.91. The van der Waals surface area contributed by atoms with Crippen LogP contribution in [0.5, 0.6) is 0 Å². The average molecular weight is 339 g/mol. The van der Waals surface area contributed by atoms with Crippen molar-refractivity contribution in [1.29, 1.82) is 0 Å².